The molecule has 0 aromatic carbocycles. The third-order valence-corrected chi connectivity index (χ3v) is 4.18. The van der Waals surface area contributed by atoms with Gasteiger partial charge in [0.25, 0.3) is 0 Å². The van der Waals surface area contributed by atoms with Gasteiger partial charge in [-0.25, -0.2) is 0 Å². The summed E-state index contributed by atoms with van der Waals surface area (Å²) in [5.74, 6) is 1.80. The van der Waals surface area contributed by atoms with E-state index in [1.807, 2.05) is 12.1 Å². The van der Waals surface area contributed by atoms with Gasteiger partial charge in [-0.15, -0.1) is 0 Å². The first-order chi connectivity index (χ1) is 8.33. The second-order valence-corrected chi connectivity index (χ2v) is 5.33. The zero-order valence-corrected chi connectivity index (χ0v) is 10.0. The van der Waals surface area contributed by atoms with Crippen molar-refractivity contribution in [3.63, 3.8) is 0 Å². The van der Waals surface area contributed by atoms with Gasteiger partial charge in [-0.1, -0.05) is 12.8 Å². The van der Waals surface area contributed by atoms with Crippen molar-refractivity contribution in [3.8, 4) is 0 Å². The van der Waals surface area contributed by atoms with Crippen LogP contribution in [0.15, 0.2) is 22.8 Å². The quantitative estimate of drug-likeness (QED) is 0.871. The molecule has 17 heavy (non-hydrogen) atoms. The Morgan fingerprint density at radius 3 is 3.06 bits per heavy atom. The third kappa shape index (κ3) is 2.29. The van der Waals surface area contributed by atoms with Crippen LogP contribution in [0.4, 0.5) is 0 Å². The minimum Gasteiger partial charge on any atom is -0.469 e. The van der Waals surface area contributed by atoms with E-state index in [9.17, 15) is 4.79 Å². The molecule has 3 atom stereocenters. The summed E-state index contributed by atoms with van der Waals surface area (Å²) in [6.07, 6.45) is 8.28. The van der Waals surface area contributed by atoms with Crippen molar-refractivity contribution in [1.29, 1.82) is 0 Å². The number of fused-ring (bicyclic) bond motifs is 1. The summed E-state index contributed by atoms with van der Waals surface area (Å²) < 4.78 is 5.23. The van der Waals surface area contributed by atoms with Crippen LogP contribution in [-0.4, -0.2) is 17.9 Å². The Balaban J connectivity index is 1.60. The van der Waals surface area contributed by atoms with Crippen LogP contribution in [0.2, 0.25) is 0 Å². The van der Waals surface area contributed by atoms with Gasteiger partial charge in [0, 0.05) is 6.04 Å². The first kappa shape index (κ1) is 11.0. The topological polar surface area (TPSA) is 42.2 Å². The number of carbonyl (C=O) groups excluding carboxylic acids is 1. The fraction of sp³-hybridized carbons (Fsp3) is 0.643. The van der Waals surface area contributed by atoms with Crippen molar-refractivity contribution < 1.29 is 9.21 Å². The molecule has 1 saturated heterocycles. The molecule has 1 saturated carbocycles. The predicted molar refractivity (Wildman–Crippen MR) is 64.7 cm³/mol. The maximum Gasteiger partial charge on any atom is 0.157 e. The summed E-state index contributed by atoms with van der Waals surface area (Å²) in [5.41, 5.74) is 0. The van der Waals surface area contributed by atoms with Crippen molar-refractivity contribution in [3.05, 3.63) is 24.2 Å². The van der Waals surface area contributed by atoms with Gasteiger partial charge in [0.2, 0.25) is 0 Å². The van der Waals surface area contributed by atoms with E-state index < -0.39 is 0 Å². The molecule has 1 aromatic rings. The average Bonchev–Trinajstić information content (AvgIpc) is 2.96. The number of Topliss-reactive ketones (excluding diaryl/α,β-unsaturated/α-hetero) is 1. The van der Waals surface area contributed by atoms with Crippen molar-refractivity contribution in [2.75, 3.05) is 0 Å². The number of rotatable bonds is 3. The number of hydrogen-bond donors (Lipinski definition) is 1. The van der Waals surface area contributed by atoms with Crippen molar-refractivity contribution in [2.45, 2.75) is 50.6 Å². The molecule has 92 valence electrons. The number of furan rings is 1. The lowest BCUT2D eigenvalue weighted by atomic mass is 9.84. The Morgan fingerprint density at radius 1 is 1.41 bits per heavy atom. The smallest absolute Gasteiger partial charge is 0.157 e. The first-order valence-electron chi connectivity index (χ1n) is 6.64. The van der Waals surface area contributed by atoms with Crippen molar-refractivity contribution in [1.82, 2.24) is 5.32 Å². The van der Waals surface area contributed by atoms with Gasteiger partial charge in [0.05, 0.1) is 18.7 Å². The molecule has 1 aliphatic heterocycles. The Hall–Kier alpha value is -1.09. The third-order valence-electron chi connectivity index (χ3n) is 4.18. The molecule has 2 aliphatic rings. The van der Waals surface area contributed by atoms with Gasteiger partial charge in [0.1, 0.15) is 5.76 Å². The van der Waals surface area contributed by atoms with Crippen LogP contribution in [0.5, 0.6) is 0 Å². The lowest BCUT2D eigenvalue weighted by Gasteiger charge is -2.24. The van der Waals surface area contributed by atoms with E-state index in [1.54, 1.807) is 6.26 Å². The Labute approximate surface area is 102 Å². The lowest BCUT2D eigenvalue weighted by Crippen LogP contribution is -2.37. The largest absolute Gasteiger partial charge is 0.469 e. The van der Waals surface area contributed by atoms with Gasteiger partial charge in [-0.2, -0.15) is 0 Å². The molecule has 0 radical (unpaired) electrons. The molecule has 3 heteroatoms. The molecule has 2 heterocycles. The zero-order valence-electron chi connectivity index (χ0n) is 10.0. The summed E-state index contributed by atoms with van der Waals surface area (Å²) in [6, 6.07) is 4.37. The van der Waals surface area contributed by atoms with Crippen LogP contribution in [0.3, 0.4) is 0 Å². The zero-order chi connectivity index (χ0) is 11.7. The van der Waals surface area contributed by atoms with E-state index in [2.05, 4.69) is 5.32 Å². The summed E-state index contributed by atoms with van der Waals surface area (Å²) in [6.45, 7) is 0. The highest BCUT2D eigenvalue weighted by Gasteiger charge is 2.37. The SMILES string of the molecule is O=C(Cc1ccco1)C1CC2CCCCC2N1. The predicted octanol–water partition coefficient (Wildman–Crippen LogP) is 2.31. The fourth-order valence-electron chi connectivity index (χ4n) is 3.27. The van der Waals surface area contributed by atoms with Crippen LogP contribution >= 0.6 is 0 Å². The summed E-state index contributed by atoms with van der Waals surface area (Å²) in [7, 11) is 0. The van der Waals surface area contributed by atoms with E-state index in [0.717, 1.165) is 18.1 Å². The molecule has 3 unspecified atom stereocenters. The molecule has 1 aliphatic carbocycles. The number of nitrogens with one attached hydrogen (secondary N) is 1. The summed E-state index contributed by atoms with van der Waals surface area (Å²) in [5, 5.41) is 3.51. The number of hydrogen-bond acceptors (Lipinski definition) is 3. The molecule has 0 amide bonds. The molecule has 0 spiro atoms. The summed E-state index contributed by atoms with van der Waals surface area (Å²) >= 11 is 0. The maximum absolute atomic E-state index is 12.1. The highest BCUT2D eigenvalue weighted by atomic mass is 16.3. The highest BCUT2D eigenvalue weighted by molar-refractivity contribution is 5.86. The highest BCUT2D eigenvalue weighted by Crippen LogP contribution is 2.33. The fourth-order valence-corrected chi connectivity index (χ4v) is 3.27. The van der Waals surface area contributed by atoms with Crippen LogP contribution in [-0.2, 0) is 11.2 Å². The van der Waals surface area contributed by atoms with E-state index in [1.165, 1.54) is 25.7 Å². The normalized spacial score (nSPS) is 32.4. The number of ketones is 1. The van der Waals surface area contributed by atoms with E-state index >= 15 is 0 Å². The van der Waals surface area contributed by atoms with Crippen LogP contribution in [0.25, 0.3) is 0 Å². The minimum atomic E-state index is 0.0631. The van der Waals surface area contributed by atoms with Gasteiger partial charge >= 0.3 is 0 Å². The molecule has 0 bridgehead atoms. The summed E-state index contributed by atoms with van der Waals surface area (Å²) in [4.78, 5) is 12.1. The first-order valence-corrected chi connectivity index (χ1v) is 6.64. The van der Waals surface area contributed by atoms with Gasteiger partial charge in [-0.3, -0.25) is 4.79 Å². The van der Waals surface area contributed by atoms with E-state index in [4.69, 9.17) is 4.42 Å². The van der Waals surface area contributed by atoms with Crippen LogP contribution in [0.1, 0.15) is 37.9 Å². The second-order valence-electron chi connectivity index (χ2n) is 5.33. The minimum absolute atomic E-state index is 0.0631. The van der Waals surface area contributed by atoms with Crippen molar-refractivity contribution >= 4 is 5.78 Å². The van der Waals surface area contributed by atoms with Gasteiger partial charge in [-0.05, 0) is 37.3 Å². The molecule has 2 fully saturated rings. The van der Waals surface area contributed by atoms with Gasteiger partial charge < -0.3 is 9.73 Å². The van der Waals surface area contributed by atoms with Crippen LogP contribution in [0, 0.1) is 5.92 Å². The molecular formula is C14H19NO2. The lowest BCUT2D eigenvalue weighted by molar-refractivity contribution is -0.120. The van der Waals surface area contributed by atoms with E-state index in [0.29, 0.717) is 12.5 Å². The second kappa shape index (κ2) is 4.65. The molecular weight excluding hydrogens is 214 g/mol. The Bertz CT molecular complexity index is 371. The molecule has 3 nitrogen and oxygen atoms in total. The molecule has 1 N–H and O–H groups in total. The van der Waals surface area contributed by atoms with E-state index in [-0.39, 0.29) is 11.8 Å². The monoisotopic (exact) mass is 233 g/mol. The molecule has 1 aromatic heterocycles. The average molecular weight is 233 g/mol. The van der Waals surface area contributed by atoms with Crippen LogP contribution < -0.4 is 5.32 Å². The molecule has 3 rings (SSSR count). The Morgan fingerprint density at radius 2 is 2.29 bits per heavy atom. The number of carbonyl (C=O) groups is 1. The standard InChI is InChI=1S/C14H19NO2/c16-14(9-11-5-3-7-17-11)13-8-10-4-1-2-6-12(10)15-13/h3,5,7,10,12-13,15H,1-2,4,6,8-9H2. The van der Waals surface area contributed by atoms with Gasteiger partial charge in [0.15, 0.2) is 5.78 Å². The Kier molecular flexibility index (Phi) is 3.02. The van der Waals surface area contributed by atoms with Crippen molar-refractivity contribution in [2.24, 2.45) is 5.92 Å². The maximum atomic E-state index is 12.1.